The van der Waals surface area contributed by atoms with Gasteiger partial charge in [0.1, 0.15) is 11.5 Å². The third-order valence-electron chi connectivity index (χ3n) is 2.68. The molecule has 0 amide bonds. The smallest absolute Gasteiger partial charge is 0.147 e. The molecular weight excluding hydrogens is 340 g/mol. The van der Waals surface area contributed by atoms with Crippen LogP contribution in [0.1, 0.15) is 18.5 Å². The fourth-order valence-corrected chi connectivity index (χ4v) is 2.39. The Kier molecular flexibility index (Phi) is 5.05. The van der Waals surface area contributed by atoms with E-state index in [2.05, 4.69) is 0 Å². The lowest BCUT2D eigenvalue weighted by atomic mass is 10.1. The summed E-state index contributed by atoms with van der Waals surface area (Å²) >= 11 is 24.0. The van der Waals surface area contributed by atoms with Crippen LogP contribution in [0.3, 0.4) is 0 Å². The Hall–Kier alpha value is -0.640. The van der Waals surface area contributed by atoms with E-state index >= 15 is 0 Å². The van der Waals surface area contributed by atoms with E-state index in [4.69, 9.17) is 56.9 Å². The third kappa shape index (κ3) is 3.51. The molecule has 2 rings (SSSR count). The molecule has 0 aliphatic heterocycles. The molecule has 2 aromatic carbocycles. The number of hydrogen-bond acceptors (Lipinski definition) is 2. The van der Waals surface area contributed by atoms with Crippen molar-refractivity contribution in [2.45, 2.75) is 13.0 Å². The molecule has 20 heavy (non-hydrogen) atoms. The first kappa shape index (κ1) is 15.7. The van der Waals surface area contributed by atoms with Crippen molar-refractivity contribution in [3.05, 3.63) is 56.0 Å². The van der Waals surface area contributed by atoms with E-state index in [0.29, 0.717) is 31.6 Å². The monoisotopic (exact) mass is 349 g/mol. The standard InChI is InChI=1S/C14H11Cl4NO/c1-7(19)8-2-3-13(11(17)4-8)20-14-6-10(16)9(15)5-12(14)18/h2-7H,19H2,1H3/t7-/m1/s1. The Bertz CT molecular complexity index is 643. The van der Waals surface area contributed by atoms with Crippen molar-refractivity contribution in [1.82, 2.24) is 0 Å². The van der Waals surface area contributed by atoms with Gasteiger partial charge in [0.25, 0.3) is 0 Å². The SMILES string of the molecule is C[C@@H](N)c1ccc(Oc2cc(Cl)c(Cl)cc2Cl)c(Cl)c1. The second-order valence-corrected chi connectivity index (χ2v) is 5.91. The maximum absolute atomic E-state index is 6.16. The van der Waals surface area contributed by atoms with Crippen molar-refractivity contribution in [2.24, 2.45) is 5.73 Å². The fourth-order valence-electron chi connectivity index (χ4n) is 1.58. The van der Waals surface area contributed by atoms with Gasteiger partial charge < -0.3 is 10.5 Å². The highest BCUT2D eigenvalue weighted by molar-refractivity contribution is 6.43. The van der Waals surface area contributed by atoms with Crippen LogP contribution in [-0.4, -0.2) is 0 Å². The highest BCUT2D eigenvalue weighted by atomic mass is 35.5. The van der Waals surface area contributed by atoms with Gasteiger partial charge in [-0.2, -0.15) is 0 Å². The van der Waals surface area contributed by atoms with Crippen molar-refractivity contribution in [3.8, 4) is 11.5 Å². The first-order valence-corrected chi connectivity index (χ1v) is 7.27. The molecule has 0 saturated carbocycles. The lowest BCUT2D eigenvalue weighted by Crippen LogP contribution is -2.04. The summed E-state index contributed by atoms with van der Waals surface area (Å²) in [7, 11) is 0. The van der Waals surface area contributed by atoms with Gasteiger partial charge in [0.05, 0.1) is 20.1 Å². The minimum atomic E-state index is -0.102. The summed E-state index contributed by atoms with van der Waals surface area (Å²) in [4.78, 5) is 0. The molecule has 106 valence electrons. The molecule has 6 heteroatoms. The molecule has 0 unspecified atom stereocenters. The highest BCUT2D eigenvalue weighted by Gasteiger charge is 2.11. The van der Waals surface area contributed by atoms with Crippen LogP contribution in [0.5, 0.6) is 11.5 Å². The molecule has 0 heterocycles. The maximum Gasteiger partial charge on any atom is 0.147 e. The van der Waals surface area contributed by atoms with Crippen molar-refractivity contribution in [1.29, 1.82) is 0 Å². The van der Waals surface area contributed by atoms with Crippen molar-refractivity contribution < 1.29 is 4.74 Å². The first-order chi connectivity index (χ1) is 9.38. The number of benzene rings is 2. The van der Waals surface area contributed by atoms with Crippen LogP contribution in [0.25, 0.3) is 0 Å². The molecule has 0 aliphatic carbocycles. The molecule has 0 bridgehead atoms. The Morgan fingerprint density at radius 1 is 0.850 bits per heavy atom. The topological polar surface area (TPSA) is 35.2 Å². The number of halogens is 4. The molecule has 0 aliphatic rings. The predicted octanol–water partition coefficient (Wildman–Crippen LogP) is 6.11. The van der Waals surface area contributed by atoms with Gasteiger partial charge in [0.2, 0.25) is 0 Å². The third-order valence-corrected chi connectivity index (χ3v) is 3.99. The van der Waals surface area contributed by atoms with Crippen LogP contribution in [0.4, 0.5) is 0 Å². The molecule has 2 aromatic rings. The second-order valence-electron chi connectivity index (χ2n) is 4.28. The number of rotatable bonds is 3. The second kappa shape index (κ2) is 6.42. The van der Waals surface area contributed by atoms with E-state index in [0.717, 1.165) is 5.56 Å². The molecule has 0 fully saturated rings. The van der Waals surface area contributed by atoms with Crippen LogP contribution < -0.4 is 10.5 Å². The average Bonchev–Trinajstić information content (AvgIpc) is 2.37. The van der Waals surface area contributed by atoms with Crippen LogP contribution >= 0.6 is 46.4 Å². The van der Waals surface area contributed by atoms with Crippen LogP contribution in [-0.2, 0) is 0 Å². The summed E-state index contributed by atoms with van der Waals surface area (Å²) < 4.78 is 5.66. The van der Waals surface area contributed by atoms with Crippen molar-refractivity contribution in [2.75, 3.05) is 0 Å². The van der Waals surface area contributed by atoms with Crippen LogP contribution in [0, 0.1) is 0 Å². The quantitative estimate of drug-likeness (QED) is 0.677. The lowest BCUT2D eigenvalue weighted by molar-refractivity contribution is 0.483. The summed E-state index contributed by atoms with van der Waals surface area (Å²) in [5.41, 5.74) is 6.71. The maximum atomic E-state index is 6.16. The zero-order valence-corrected chi connectivity index (χ0v) is 13.5. The van der Waals surface area contributed by atoms with Gasteiger partial charge in [0, 0.05) is 12.1 Å². The molecule has 0 spiro atoms. The Morgan fingerprint density at radius 2 is 1.45 bits per heavy atom. The molecular formula is C14H11Cl4NO. The van der Waals surface area contributed by atoms with Crippen molar-refractivity contribution >= 4 is 46.4 Å². The van der Waals surface area contributed by atoms with Gasteiger partial charge in [-0.3, -0.25) is 0 Å². The normalized spacial score (nSPS) is 12.3. The molecule has 0 aromatic heterocycles. The first-order valence-electron chi connectivity index (χ1n) is 5.76. The zero-order chi connectivity index (χ0) is 14.9. The lowest BCUT2D eigenvalue weighted by Gasteiger charge is -2.12. The van der Waals surface area contributed by atoms with Crippen LogP contribution in [0.2, 0.25) is 20.1 Å². The Balaban J connectivity index is 2.33. The largest absolute Gasteiger partial charge is 0.454 e. The number of ether oxygens (including phenoxy) is 1. The molecule has 2 N–H and O–H groups in total. The van der Waals surface area contributed by atoms with Gasteiger partial charge in [-0.1, -0.05) is 52.5 Å². The number of nitrogens with two attached hydrogens (primary N) is 1. The van der Waals surface area contributed by atoms with Gasteiger partial charge in [0.15, 0.2) is 0 Å². The van der Waals surface area contributed by atoms with Gasteiger partial charge in [-0.25, -0.2) is 0 Å². The highest BCUT2D eigenvalue weighted by Crippen LogP contribution is 2.38. The Labute approximate surface area is 137 Å². The minimum absolute atomic E-state index is 0.102. The molecule has 2 nitrogen and oxygen atoms in total. The summed E-state index contributed by atoms with van der Waals surface area (Å²) in [5.74, 6) is 0.855. The zero-order valence-electron chi connectivity index (χ0n) is 10.5. The van der Waals surface area contributed by atoms with Gasteiger partial charge in [-0.05, 0) is 30.7 Å². The van der Waals surface area contributed by atoms with Crippen LogP contribution in [0.15, 0.2) is 30.3 Å². The fraction of sp³-hybridized carbons (Fsp3) is 0.143. The van der Waals surface area contributed by atoms with E-state index in [1.54, 1.807) is 18.2 Å². The van der Waals surface area contributed by atoms with Crippen molar-refractivity contribution in [3.63, 3.8) is 0 Å². The predicted molar refractivity (Wildman–Crippen MR) is 85.6 cm³/mol. The minimum Gasteiger partial charge on any atom is -0.454 e. The summed E-state index contributed by atoms with van der Waals surface area (Å²) in [6.45, 7) is 1.88. The molecule has 1 atom stereocenters. The summed E-state index contributed by atoms with van der Waals surface area (Å²) in [6, 6.07) is 8.30. The summed E-state index contributed by atoms with van der Waals surface area (Å²) in [6.07, 6.45) is 0. The van der Waals surface area contributed by atoms with E-state index in [1.807, 2.05) is 13.0 Å². The van der Waals surface area contributed by atoms with Gasteiger partial charge in [-0.15, -0.1) is 0 Å². The van der Waals surface area contributed by atoms with E-state index in [9.17, 15) is 0 Å². The van der Waals surface area contributed by atoms with Gasteiger partial charge >= 0.3 is 0 Å². The molecule has 0 radical (unpaired) electrons. The van der Waals surface area contributed by atoms with E-state index in [1.165, 1.54) is 6.07 Å². The van der Waals surface area contributed by atoms with E-state index in [-0.39, 0.29) is 6.04 Å². The Morgan fingerprint density at radius 3 is 2.05 bits per heavy atom. The van der Waals surface area contributed by atoms with E-state index < -0.39 is 0 Å². The number of hydrogen-bond donors (Lipinski definition) is 1. The average molecular weight is 351 g/mol. The summed E-state index contributed by atoms with van der Waals surface area (Å²) in [5, 5.41) is 1.52. The molecule has 0 saturated heterocycles.